The smallest absolute Gasteiger partial charge is 0.228 e. The molecule has 0 aliphatic carbocycles. The lowest BCUT2D eigenvalue weighted by molar-refractivity contribution is -0.115. The zero-order valence-electron chi connectivity index (χ0n) is 21.8. The third-order valence-electron chi connectivity index (χ3n) is 7.18. The first-order chi connectivity index (χ1) is 19.2. The van der Waals surface area contributed by atoms with Crippen molar-refractivity contribution in [1.29, 1.82) is 0 Å². The first kappa shape index (κ1) is 24.8. The molecule has 1 N–H and O–H groups in total. The van der Waals surface area contributed by atoms with Crippen molar-refractivity contribution in [3.8, 4) is 11.1 Å². The number of rotatable bonds is 7. The van der Waals surface area contributed by atoms with E-state index in [1.807, 2.05) is 66.9 Å². The molecule has 0 bridgehead atoms. The molecule has 0 atom stereocenters. The molecule has 1 amide bonds. The van der Waals surface area contributed by atoms with Crippen LogP contribution in [-0.4, -0.2) is 47.0 Å². The largest absolute Gasteiger partial charge is 0.353 e. The van der Waals surface area contributed by atoms with Crippen molar-refractivity contribution in [3.63, 3.8) is 0 Å². The predicted octanol–water partition coefficient (Wildman–Crippen LogP) is 5.80. The van der Waals surface area contributed by atoms with Gasteiger partial charge in [-0.25, -0.2) is 4.98 Å². The van der Waals surface area contributed by atoms with Crippen LogP contribution in [-0.2, 0) is 17.8 Å². The Morgan fingerprint density at radius 1 is 0.718 bits per heavy atom. The van der Waals surface area contributed by atoms with E-state index in [1.165, 1.54) is 5.56 Å². The van der Waals surface area contributed by atoms with Crippen LogP contribution in [0.2, 0.25) is 0 Å². The van der Waals surface area contributed by atoms with Gasteiger partial charge >= 0.3 is 0 Å². The molecule has 1 aliphatic heterocycles. The topological polar surface area (TPSA) is 61.4 Å². The third-order valence-corrected chi connectivity index (χ3v) is 7.18. The van der Waals surface area contributed by atoms with E-state index in [2.05, 4.69) is 57.6 Å². The number of hydrogen-bond donors (Lipinski definition) is 1. The highest BCUT2D eigenvalue weighted by molar-refractivity contribution is 5.92. The maximum Gasteiger partial charge on any atom is 0.228 e. The van der Waals surface area contributed by atoms with Crippen molar-refractivity contribution in [2.24, 2.45) is 0 Å². The molecular formula is C33H31N5O. The van der Waals surface area contributed by atoms with Gasteiger partial charge in [0.15, 0.2) is 0 Å². The number of fused-ring (bicyclic) bond motifs is 1. The molecule has 1 aromatic heterocycles. The molecule has 39 heavy (non-hydrogen) atoms. The van der Waals surface area contributed by atoms with Crippen LogP contribution in [0.3, 0.4) is 0 Å². The van der Waals surface area contributed by atoms with Crippen LogP contribution >= 0.6 is 0 Å². The van der Waals surface area contributed by atoms with E-state index in [9.17, 15) is 4.79 Å². The van der Waals surface area contributed by atoms with E-state index in [-0.39, 0.29) is 5.91 Å². The van der Waals surface area contributed by atoms with Crippen molar-refractivity contribution in [3.05, 3.63) is 120 Å². The maximum absolute atomic E-state index is 12.4. The van der Waals surface area contributed by atoms with Crippen molar-refractivity contribution < 1.29 is 4.79 Å². The molecule has 0 spiro atoms. The molecule has 5 aromatic rings. The number of piperazine rings is 1. The quantitative estimate of drug-likeness (QED) is 0.298. The lowest BCUT2D eigenvalue weighted by Gasteiger charge is -2.35. The van der Waals surface area contributed by atoms with Gasteiger partial charge in [0, 0.05) is 38.4 Å². The van der Waals surface area contributed by atoms with Gasteiger partial charge in [-0.3, -0.25) is 14.7 Å². The summed E-state index contributed by atoms with van der Waals surface area (Å²) in [4.78, 5) is 26.9. The van der Waals surface area contributed by atoms with Crippen LogP contribution in [0.4, 0.5) is 11.5 Å². The summed E-state index contributed by atoms with van der Waals surface area (Å²) in [6.07, 6.45) is 2.25. The number of aromatic nitrogens is 2. The fraction of sp³-hybridized carbons (Fsp3) is 0.182. The molecule has 6 rings (SSSR count). The van der Waals surface area contributed by atoms with Gasteiger partial charge in [-0.1, -0.05) is 78.9 Å². The summed E-state index contributed by atoms with van der Waals surface area (Å²) in [5.74, 6) is 0.902. The van der Waals surface area contributed by atoms with E-state index in [1.54, 1.807) is 0 Å². The van der Waals surface area contributed by atoms with E-state index >= 15 is 0 Å². The minimum Gasteiger partial charge on any atom is -0.353 e. The van der Waals surface area contributed by atoms with Crippen molar-refractivity contribution in [2.75, 3.05) is 36.4 Å². The van der Waals surface area contributed by atoms with Crippen molar-refractivity contribution >= 4 is 28.4 Å². The van der Waals surface area contributed by atoms with E-state index < -0.39 is 0 Å². The van der Waals surface area contributed by atoms with Crippen LogP contribution in [0, 0.1) is 0 Å². The predicted molar refractivity (Wildman–Crippen MR) is 158 cm³/mol. The highest BCUT2D eigenvalue weighted by Crippen LogP contribution is 2.26. The second-order valence-corrected chi connectivity index (χ2v) is 9.97. The zero-order chi connectivity index (χ0) is 26.4. The highest BCUT2D eigenvalue weighted by Gasteiger charge is 2.19. The first-order valence-electron chi connectivity index (χ1n) is 13.4. The summed E-state index contributed by atoms with van der Waals surface area (Å²) < 4.78 is 0. The molecule has 6 nitrogen and oxygen atoms in total. The van der Waals surface area contributed by atoms with Gasteiger partial charge in [-0.2, -0.15) is 0 Å². The van der Waals surface area contributed by atoms with E-state index in [0.717, 1.165) is 72.0 Å². The molecule has 194 valence electrons. The number of nitrogens with one attached hydrogen (secondary N) is 1. The van der Waals surface area contributed by atoms with Gasteiger partial charge in [-0.15, -0.1) is 0 Å². The summed E-state index contributed by atoms with van der Waals surface area (Å²) in [6.45, 7) is 4.86. The van der Waals surface area contributed by atoms with Gasteiger partial charge in [0.05, 0.1) is 23.7 Å². The third kappa shape index (κ3) is 6.13. The normalized spacial score (nSPS) is 13.9. The Morgan fingerprint density at radius 3 is 2.10 bits per heavy atom. The Morgan fingerprint density at radius 2 is 1.38 bits per heavy atom. The molecule has 4 aromatic carbocycles. The van der Waals surface area contributed by atoms with Crippen LogP contribution in [0.15, 0.2) is 109 Å². The fourth-order valence-corrected chi connectivity index (χ4v) is 5.04. The standard InChI is InChI=1S/C33H31N5O/c39-33(21-25-7-3-1-4-8-25)35-29-14-11-27(12-15-29)28-13-16-30-31(22-28)36-32(23-34-30)38-19-17-37(18-20-38)24-26-9-5-2-6-10-26/h1-16,22-23H,17-21,24H2,(H,35,39). The summed E-state index contributed by atoms with van der Waals surface area (Å²) in [7, 11) is 0. The maximum atomic E-state index is 12.4. The minimum absolute atomic E-state index is 0.0247. The number of hydrogen-bond acceptors (Lipinski definition) is 5. The molecule has 1 aliphatic rings. The lowest BCUT2D eigenvalue weighted by Crippen LogP contribution is -2.46. The van der Waals surface area contributed by atoms with Crippen molar-refractivity contribution in [1.82, 2.24) is 14.9 Å². The molecule has 6 heteroatoms. The molecule has 0 radical (unpaired) electrons. The van der Waals surface area contributed by atoms with E-state index in [0.29, 0.717) is 6.42 Å². The molecular weight excluding hydrogens is 482 g/mol. The molecule has 2 heterocycles. The Balaban J connectivity index is 1.11. The summed E-state index contributed by atoms with van der Waals surface area (Å²) >= 11 is 0. The van der Waals surface area contributed by atoms with Crippen molar-refractivity contribution in [2.45, 2.75) is 13.0 Å². The second kappa shape index (κ2) is 11.5. The Labute approximate surface area is 229 Å². The second-order valence-electron chi connectivity index (χ2n) is 9.97. The van der Waals surface area contributed by atoms with Crippen LogP contribution in [0.1, 0.15) is 11.1 Å². The molecule has 0 saturated carbocycles. The van der Waals surface area contributed by atoms with Crippen LogP contribution in [0.25, 0.3) is 22.2 Å². The summed E-state index contributed by atoms with van der Waals surface area (Å²) in [5, 5.41) is 2.99. The Hall–Kier alpha value is -4.55. The van der Waals surface area contributed by atoms with Crippen LogP contribution in [0.5, 0.6) is 0 Å². The molecule has 0 unspecified atom stereocenters. The van der Waals surface area contributed by atoms with Gasteiger partial charge in [0.25, 0.3) is 0 Å². The van der Waals surface area contributed by atoms with Gasteiger partial charge < -0.3 is 10.2 Å². The zero-order valence-corrected chi connectivity index (χ0v) is 21.8. The average Bonchev–Trinajstić information content (AvgIpc) is 2.98. The first-order valence-corrected chi connectivity index (χ1v) is 13.4. The lowest BCUT2D eigenvalue weighted by atomic mass is 10.0. The minimum atomic E-state index is -0.0247. The van der Waals surface area contributed by atoms with E-state index in [4.69, 9.17) is 9.97 Å². The Kier molecular flexibility index (Phi) is 7.28. The molecule has 1 saturated heterocycles. The summed E-state index contributed by atoms with van der Waals surface area (Å²) in [5.41, 5.74) is 7.05. The fourth-order valence-electron chi connectivity index (χ4n) is 5.04. The number of carbonyl (C=O) groups is 1. The SMILES string of the molecule is O=C(Cc1ccccc1)Nc1ccc(-c2ccc3ncc(N4CCN(Cc5ccccc5)CC4)nc3c2)cc1. The average molecular weight is 514 g/mol. The number of carbonyl (C=O) groups excluding carboxylic acids is 1. The number of nitrogens with zero attached hydrogens (tertiary/aromatic N) is 4. The van der Waals surface area contributed by atoms with Crippen LogP contribution < -0.4 is 10.2 Å². The monoisotopic (exact) mass is 513 g/mol. The molecule has 1 fully saturated rings. The summed E-state index contributed by atoms with van der Waals surface area (Å²) in [6, 6.07) is 34.5. The van der Waals surface area contributed by atoms with Gasteiger partial charge in [0.1, 0.15) is 5.82 Å². The number of benzene rings is 4. The number of amides is 1. The van der Waals surface area contributed by atoms with Gasteiger partial charge in [0.2, 0.25) is 5.91 Å². The number of anilines is 2. The van der Waals surface area contributed by atoms with Gasteiger partial charge in [-0.05, 0) is 46.5 Å². The Bertz CT molecular complexity index is 1550. The highest BCUT2D eigenvalue weighted by atomic mass is 16.1.